The van der Waals surface area contributed by atoms with E-state index >= 15 is 0 Å². The second kappa shape index (κ2) is 12.3. The molecule has 0 heterocycles. The highest BCUT2D eigenvalue weighted by molar-refractivity contribution is 5.66. The van der Waals surface area contributed by atoms with Crippen molar-refractivity contribution in [1.82, 2.24) is 5.32 Å². The van der Waals surface area contributed by atoms with E-state index in [-0.39, 0.29) is 23.5 Å². The number of nitrogens with one attached hydrogen (secondary N) is 1. The third kappa shape index (κ3) is 5.85. The molecule has 226 valence electrons. The normalized spacial score (nSPS) is 43.3. The molecule has 0 amide bonds. The minimum atomic E-state index is -0.846. The summed E-state index contributed by atoms with van der Waals surface area (Å²) >= 11 is 0. The maximum absolute atomic E-state index is 12.6. The van der Waals surface area contributed by atoms with E-state index in [1.807, 2.05) is 0 Å². The zero-order valence-electron chi connectivity index (χ0n) is 26.4. The summed E-state index contributed by atoms with van der Waals surface area (Å²) in [4.78, 5) is 11.8. The molecule has 4 aliphatic rings. The van der Waals surface area contributed by atoms with Gasteiger partial charge >= 0.3 is 5.97 Å². The summed E-state index contributed by atoms with van der Waals surface area (Å²) in [6, 6.07) is 0.0468. The van der Waals surface area contributed by atoms with Gasteiger partial charge in [0.15, 0.2) is 0 Å². The number of hydrogen-bond acceptors (Lipinski definition) is 5. The first-order chi connectivity index (χ1) is 18.4. The van der Waals surface area contributed by atoms with E-state index in [0.29, 0.717) is 30.2 Å². The third-order valence-electron chi connectivity index (χ3n) is 13.2. The molecule has 5 heteroatoms. The highest BCUT2D eigenvalue weighted by Gasteiger charge is 2.67. The quantitative estimate of drug-likeness (QED) is 0.198. The van der Waals surface area contributed by atoms with Crippen molar-refractivity contribution in [2.45, 2.75) is 143 Å². The average Bonchev–Trinajstić information content (AvgIpc) is 3.23. The van der Waals surface area contributed by atoms with Crippen molar-refractivity contribution in [1.29, 1.82) is 0 Å². The number of hydrogen-bond donors (Lipinski definition) is 3. The Balaban J connectivity index is 1.56. The van der Waals surface area contributed by atoms with E-state index in [4.69, 9.17) is 10.5 Å². The Labute approximate surface area is 240 Å². The van der Waals surface area contributed by atoms with Crippen molar-refractivity contribution >= 4 is 5.97 Å². The molecule has 0 spiro atoms. The standard InChI is InChI=1S/C34H62N2O3/c1-22(2)23(3)10-11-24(4)28-12-13-29-27-20-31(36-19-9-8-18-35)34(38)21-26(39-25(5)37)14-17-33(34,7)30(27)15-16-32(28,29)6/h22-24,26-31,36,38H,8-21,35H2,1-7H3/t23-,24-,26?,27+,28-,29+,30+,31?,32-,33-,34?/m1/s1. The predicted octanol–water partition coefficient (Wildman–Crippen LogP) is 6.71. The highest BCUT2D eigenvalue weighted by Crippen LogP contribution is 2.69. The largest absolute Gasteiger partial charge is 0.462 e. The molecule has 11 atom stereocenters. The van der Waals surface area contributed by atoms with Crippen LogP contribution in [-0.2, 0) is 9.53 Å². The molecule has 4 rings (SSSR count). The van der Waals surface area contributed by atoms with Gasteiger partial charge in [0.2, 0.25) is 0 Å². The second-order valence-electron chi connectivity index (χ2n) is 15.4. The summed E-state index contributed by atoms with van der Waals surface area (Å²) in [7, 11) is 0. The van der Waals surface area contributed by atoms with Gasteiger partial charge in [-0.15, -0.1) is 0 Å². The Morgan fingerprint density at radius 1 is 1.03 bits per heavy atom. The number of unbranched alkanes of at least 4 members (excludes halogenated alkanes) is 1. The third-order valence-corrected chi connectivity index (χ3v) is 13.2. The van der Waals surface area contributed by atoms with Crippen LogP contribution in [0.25, 0.3) is 0 Å². The number of aliphatic hydroxyl groups is 1. The van der Waals surface area contributed by atoms with Gasteiger partial charge in [0.1, 0.15) is 6.10 Å². The lowest BCUT2D eigenvalue weighted by molar-refractivity contribution is -0.237. The van der Waals surface area contributed by atoms with Gasteiger partial charge < -0.3 is 20.9 Å². The lowest BCUT2D eigenvalue weighted by atomic mass is 9.42. The summed E-state index contributed by atoms with van der Waals surface area (Å²) in [5, 5.41) is 16.5. The zero-order valence-corrected chi connectivity index (χ0v) is 26.4. The van der Waals surface area contributed by atoms with Gasteiger partial charge in [-0.1, -0.05) is 54.4 Å². The molecule has 4 saturated carbocycles. The van der Waals surface area contributed by atoms with Crippen LogP contribution in [0.3, 0.4) is 0 Å². The molecule has 4 N–H and O–H groups in total. The summed E-state index contributed by atoms with van der Waals surface area (Å²) in [5.74, 6) is 4.94. The van der Waals surface area contributed by atoms with Crippen molar-refractivity contribution < 1.29 is 14.6 Å². The minimum absolute atomic E-state index is 0.0468. The van der Waals surface area contributed by atoms with Gasteiger partial charge in [0, 0.05) is 24.8 Å². The fourth-order valence-corrected chi connectivity index (χ4v) is 10.4. The Bertz CT molecular complexity index is 833. The molecule has 39 heavy (non-hydrogen) atoms. The summed E-state index contributed by atoms with van der Waals surface area (Å²) in [5.41, 5.74) is 5.22. The van der Waals surface area contributed by atoms with Gasteiger partial charge in [0.05, 0.1) is 5.60 Å². The van der Waals surface area contributed by atoms with Crippen LogP contribution in [0, 0.1) is 52.3 Å². The van der Waals surface area contributed by atoms with Crippen LogP contribution in [-0.4, -0.2) is 41.9 Å². The van der Waals surface area contributed by atoms with Crippen molar-refractivity contribution in [3.63, 3.8) is 0 Å². The number of esters is 1. The van der Waals surface area contributed by atoms with Gasteiger partial charge in [0.25, 0.3) is 0 Å². The molecule has 0 radical (unpaired) electrons. The Morgan fingerprint density at radius 2 is 1.77 bits per heavy atom. The van der Waals surface area contributed by atoms with Gasteiger partial charge in [-0.05, 0) is 118 Å². The van der Waals surface area contributed by atoms with Crippen LogP contribution in [0.4, 0.5) is 0 Å². The molecule has 5 nitrogen and oxygen atoms in total. The molecule has 0 aromatic heterocycles. The highest BCUT2D eigenvalue weighted by atomic mass is 16.5. The van der Waals surface area contributed by atoms with E-state index < -0.39 is 5.60 Å². The topological polar surface area (TPSA) is 84.6 Å². The summed E-state index contributed by atoms with van der Waals surface area (Å²) in [6.07, 6.45) is 13.3. The van der Waals surface area contributed by atoms with Crippen molar-refractivity contribution in [3.8, 4) is 0 Å². The molecule has 0 saturated heterocycles. The smallest absolute Gasteiger partial charge is 0.302 e. The van der Waals surface area contributed by atoms with Gasteiger partial charge in [-0.3, -0.25) is 4.79 Å². The first-order valence-corrected chi connectivity index (χ1v) is 16.7. The predicted molar refractivity (Wildman–Crippen MR) is 160 cm³/mol. The van der Waals surface area contributed by atoms with Crippen molar-refractivity contribution in [3.05, 3.63) is 0 Å². The van der Waals surface area contributed by atoms with Crippen LogP contribution in [0.1, 0.15) is 126 Å². The second-order valence-corrected chi connectivity index (χ2v) is 15.4. The molecule has 4 fully saturated rings. The van der Waals surface area contributed by atoms with Crippen molar-refractivity contribution in [2.75, 3.05) is 13.1 Å². The molecule has 0 bridgehead atoms. The monoisotopic (exact) mass is 546 g/mol. The maximum atomic E-state index is 12.6. The van der Waals surface area contributed by atoms with Gasteiger partial charge in [-0.2, -0.15) is 0 Å². The van der Waals surface area contributed by atoms with E-state index in [2.05, 4.69) is 46.9 Å². The molecular weight excluding hydrogens is 484 g/mol. The number of carbonyl (C=O) groups excluding carboxylic acids is 1. The van der Waals surface area contributed by atoms with Crippen LogP contribution in [0.5, 0.6) is 0 Å². The fourth-order valence-electron chi connectivity index (χ4n) is 10.4. The zero-order chi connectivity index (χ0) is 28.6. The van der Waals surface area contributed by atoms with E-state index in [0.717, 1.165) is 68.2 Å². The number of ether oxygens (including phenoxy) is 1. The summed E-state index contributed by atoms with van der Waals surface area (Å²) in [6.45, 7) is 17.9. The Kier molecular flexibility index (Phi) is 9.87. The van der Waals surface area contributed by atoms with E-state index in [1.165, 1.54) is 45.4 Å². The SMILES string of the molecule is CC(=O)OC1CC[C@]2(C)[C@H]3CC[C@]4(C)[C@@H]([C@H](C)CC[C@@H](C)C(C)C)CC[C@H]4[C@@H]3CC(NCCCCN)C2(O)C1. The van der Waals surface area contributed by atoms with E-state index in [1.54, 1.807) is 0 Å². The molecule has 3 unspecified atom stereocenters. The lowest BCUT2D eigenvalue weighted by Crippen LogP contribution is -2.71. The average molecular weight is 547 g/mol. The van der Waals surface area contributed by atoms with Crippen LogP contribution >= 0.6 is 0 Å². The molecular formula is C34H62N2O3. The van der Waals surface area contributed by atoms with Gasteiger partial charge in [-0.25, -0.2) is 0 Å². The Hall–Kier alpha value is -0.650. The lowest BCUT2D eigenvalue weighted by Gasteiger charge is -2.66. The van der Waals surface area contributed by atoms with Crippen LogP contribution in [0.15, 0.2) is 0 Å². The Morgan fingerprint density at radius 3 is 2.44 bits per heavy atom. The number of rotatable bonds is 11. The first-order valence-electron chi connectivity index (χ1n) is 16.7. The van der Waals surface area contributed by atoms with Crippen LogP contribution < -0.4 is 11.1 Å². The fraction of sp³-hybridized carbons (Fsp3) is 0.971. The molecule has 0 aromatic carbocycles. The van der Waals surface area contributed by atoms with E-state index in [9.17, 15) is 9.90 Å². The molecule has 0 aliphatic heterocycles. The molecule has 0 aromatic rings. The minimum Gasteiger partial charge on any atom is -0.462 e. The van der Waals surface area contributed by atoms with Crippen LogP contribution in [0.2, 0.25) is 0 Å². The van der Waals surface area contributed by atoms with Crippen molar-refractivity contribution in [2.24, 2.45) is 58.0 Å². The number of fused-ring (bicyclic) bond motifs is 5. The number of nitrogens with two attached hydrogens (primary N) is 1. The maximum Gasteiger partial charge on any atom is 0.302 e. The molecule has 4 aliphatic carbocycles. The first kappa shape index (κ1) is 31.3. The number of carbonyl (C=O) groups is 1. The summed E-state index contributed by atoms with van der Waals surface area (Å²) < 4.78 is 5.71.